The SMILES string of the molecule is C=C(C(N)=O)c1nc2cc(Sc3ccccc3)ccc2[nH]1. The maximum Gasteiger partial charge on any atom is 0.251 e. The summed E-state index contributed by atoms with van der Waals surface area (Å²) in [5.74, 6) is -0.160. The van der Waals surface area contributed by atoms with Gasteiger partial charge in [-0.1, -0.05) is 36.5 Å². The minimum absolute atomic E-state index is 0.184. The Morgan fingerprint density at radius 3 is 2.62 bits per heavy atom. The van der Waals surface area contributed by atoms with Crippen LogP contribution < -0.4 is 5.73 Å². The van der Waals surface area contributed by atoms with Crippen LogP contribution in [0.3, 0.4) is 0 Å². The van der Waals surface area contributed by atoms with Crippen molar-refractivity contribution in [2.24, 2.45) is 5.73 Å². The van der Waals surface area contributed by atoms with Gasteiger partial charge in [0.2, 0.25) is 0 Å². The third-order valence-corrected chi connectivity index (χ3v) is 4.01. The van der Waals surface area contributed by atoms with E-state index in [-0.39, 0.29) is 5.57 Å². The summed E-state index contributed by atoms with van der Waals surface area (Å²) in [5.41, 5.74) is 7.04. The molecule has 0 bridgehead atoms. The van der Waals surface area contributed by atoms with Crippen LogP contribution >= 0.6 is 11.8 Å². The summed E-state index contributed by atoms with van der Waals surface area (Å²) in [5, 5.41) is 0. The second kappa shape index (κ2) is 5.46. The van der Waals surface area contributed by atoms with E-state index < -0.39 is 5.91 Å². The molecule has 0 saturated heterocycles. The number of hydrogen-bond acceptors (Lipinski definition) is 3. The molecule has 0 radical (unpaired) electrons. The smallest absolute Gasteiger partial charge is 0.251 e. The zero-order valence-corrected chi connectivity index (χ0v) is 12.0. The van der Waals surface area contributed by atoms with Crippen LogP contribution in [0.25, 0.3) is 16.6 Å². The number of primary amides is 1. The number of nitrogens with one attached hydrogen (secondary N) is 1. The lowest BCUT2D eigenvalue weighted by atomic mass is 10.3. The first-order valence-electron chi connectivity index (χ1n) is 6.35. The molecule has 0 aliphatic carbocycles. The van der Waals surface area contributed by atoms with Crippen LogP contribution in [0, 0.1) is 0 Å². The highest BCUT2D eigenvalue weighted by molar-refractivity contribution is 7.99. The summed E-state index contributed by atoms with van der Waals surface area (Å²) in [6, 6.07) is 16.0. The highest BCUT2D eigenvalue weighted by Gasteiger charge is 2.11. The number of nitrogens with two attached hydrogens (primary N) is 1. The lowest BCUT2D eigenvalue weighted by molar-refractivity contribution is -0.112. The number of rotatable bonds is 4. The van der Waals surface area contributed by atoms with Crippen molar-refractivity contribution in [1.29, 1.82) is 0 Å². The number of hydrogen-bond donors (Lipinski definition) is 2. The van der Waals surface area contributed by atoms with Crippen molar-refractivity contribution >= 4 is 34.3 Å². The Labute approximate surface area is 126 Å². The van der Waals surface area contributed by atoms with Gasteiger partial charge in [-0.3, -0.25) is 4.79 Å². The molecule has 0 unspecified atom stereocenters. The summed E-state index contributed by atoms with van der Waals surface area (Å²) < 4.78 is 0. The van der Waals surface area contributed by atoms with Crippen molar-refractivity contribution in [2.75, 3.05) is 0 Å². The van der Waals surface area contributed by atoms with E-state index in [0.717, 1.165) is 20.8 Å². The number of H-pyrrole nitrogens is 1. The number of nitrogens with zero attached hydrogens (tertiary/aromatic N) is 1. The molecule has 3 aromatic rings. The van der Waals surface area contributed by atoms with Gasteiger partial charge in [0.05, 0.1) is 16.6 Å². The second-order valence-electron chi connectivity index (χ2n) is 4.52. The van der Waals surface area contributed by atoms with Gasteiger partial charge in [-0.2, -0.15) is 0 Å². The summed E-state index contributed by atoms with van der Waals surface area (Å²) in [7, 11) is 0. The monoisotopic (exact) mass is 295 g/mol. The fraction of sp³-hybridized carbons (Fsp3) is 0. The number of carbonyl (C=O) groups is 1. The highest BCUT2D eigenvalue weighted by atomic mass is 32.2. The van der Waals surface area contributed by atoms with Crippen LogP contribution in [-0.2, 0) is 4.79 Å². The van der Waals surface area contributed by atoms with Gasteiger partial charge < -0.3 is 10.7 Å². The molecule has 3 rings (SSSR count). The molecule has 104 valence electrons. The van der Waals surface area contributed by atoms with Crippen molar-refractivity contribution in [3.05, 3.63) is 60.9 Å². The van der Waals surface area contributed by atoms with Gasteiger partial charge in [-0.15, -0.1) is 0 Å². The molecule has 21 heavy (non-hydrogen) atoms. The van der Waals surface area contributed by atoms with Crippen LogP contribution in [-0.4, -0.2) is 15.9 Å². The molecule has 5 heteroatoms. The predicted octanol–water partition coefficient (Wildman–Crippen LogP) is 3.21. The first-order valence-corrected chi connectivity index (χ1v) is 7.17. The van der Waals surface area contributed by atoms with E-state index in [1.807, 2.05) is 36.4 Å². The van der Waals surface area contributed by atoms with Gasteiger partial charge >= 0.3 is 0 Å². The number of aromatic nitrogens is 2. The summed E-state index contributed by atoms with van der Waals surface area (Å²) >= 11 is 1.66. The molecule has 0 aliphatic rings. The second-order valence-corrected chi connectivity index (χ2v) is 5.67. The van der Waals surface area contributed by atoms with Crippen LogP contribution in [0.4, 0.5) is 0 Å². The van der Waals surface area contributed by atoms with Crippen molar-refractivity contribution < 1.29 is 4.79 Å². The Kier molecular flexibility index (Phi) is 3.50. The lowest BCUT2D eigenvalue weighted by Gasteiger charge is -2.00. The van der Waals surface area contributed by atoms with Gasteiger partial charge in [0.25, 0.3) is 5.91 Å². The largest absolute Gasteiger partial charge is 0.365 e. The minimum Gasteiger partial charge on any atom is -0.365 e. The molecule has 1 amide bonds. The van der Waals surface area contributed by atoms with Gasteiger partial charge in [-0.25, -0.2) is 4.98 Å². The van der Waals surface area contributed by atoms with Gasteiger partial charge in [-0.05, 0) is 30.3 Å². The third kappa shape index (κ3) is 2.83. The number of aromatic amines is 1. The summed E-state index contributed by atoms with van der Waals surface area (Å²) in [6.45, 7) is 3.64. The van der Waals surface area contributed by atoms with Gasteiger partial charge in [0, 0.05) is 9.79 Å². The molecule has 0 saturated carbocycles. The zero-order valence-electron chi connectivity index (χ0n) is 11.2. The van der Waals surface area contributed by atoms with Crippen molar-refractivity contribution in [3.63, 3.8) is 0 Å². The molecule has 0 aliphatic heterocycles. The maximum absolute atomic E-state index is 11.1. The highest BCUT2D eigenvalue weighted by Crippen LogP contribution is 2.29. The van der Waals surface area contributed by atoms with E-state index in [0.29, 0.717) is 5.82 Å². The van der Waals surface area contributed by atoms with Crippen LogP contribution in [0.5, 0.6) is 0 Å². The Bertz CT molecular complexity index is 824. The molecule has 2 aromatic carbocycles. The fourth-order valence-corrected chi connectivity index (χ4v) is 2.81. The van der Waals surface area contributed by atoms with E-state index in [2.05, 4.69) is 28.7 Å². The first kappa shape index (κ1) is 13.5. The normalized spacial score (nSPS) is 10.7. The zero-order chi connectivity index (χ0) is 14.8. The van der Waals surface area contributed by atoms with Crippen molar-refractivity contribution in [1.82, 2.24) is 9.97 Å². The molecule has 0 atom stereocenters. The molecular weight excluding hydrogens is 282 g/mol. The first-order chi connectivity index (χ1) is 10.1. The maximum atomic E-state index is 11.1. The quantitative estimate of drug-likeness (QED) is 0.726. The number of fused-ring (bicyclic) bond motifs is 1. The van der Waals surface area contributed by atoms with E-state index >= 15 is 0 Å². The van der Waals surface area contributed by atoms with E-state index in [9.17, 15) is 4.79 Å². The Morgan fingerprint density at radius 2 is 1.90 bits per heavy atom. The molecular formula is C16H13N3OS. The average Bonchev–Trinajstić information content (AvgIpc) is 2.90. The molecule has 0 spiro atoms. The molecule has 3 N–H and O–H groups in total. The van der Waals surface area contributed by atoms with E-state index in [4.69, 9.17) is 5.73 Å². The summed E-state index contributed by atoms with van der Waals surface area (Å²) in [6.07, 6.45) is 0. The third-order valence-electron chi connectivity index (χ3n) is 3.02. The van der Waals surface area contributed by atoms with Gasteiger partial charge in [0.1, 0.15) is 5.82 Å². The van der Waals surface area contributed by atoms with Crippen LogP contribution in [0.1, 0.15) is 5.82 Å². The predicted molar refractivity (Wildman–Crippen MR) is 84.9 cm³/mol. The molecule has 4 nitrogen and oxygen atoms in total. The Balaban J connectivity index is 1.93. The standard InChI is InChI=1S/C16H13N3OS/c1-10(15(17)20)16-18-13-8-7-12(9-14(13)19-16)21-11-5-3-2-4-6-11/h2-9H,1H2,(H2,17,20)(H,18,19). The van der Waals surface area contributed by atoms with E-state index in [1.165, 1.54) is 0 Å². The van der Waals surface area contributed by atoms with Crippen molar-refractivity contribution in [2.45, 2.75) is 9.79 Å². The molecule has 1 heterocycles. The average molecular weight is 295 g/mol. The Hall–Kier alpha value is -2.53. The van der Waals surface area contributed by atoms with Crippen molar-refractivity contribution in [3.8, 4) is 0 Å². The molecule has 1 aromatic heterocycles. The van der Waals surface area contributed by atoms with E-state index in [1.54, 1.807) is 11.8 Å². The molecule has 0 fully saturated rings. The van der Waals surface area contributed by atoms with Gasteiger partial charge in [0.15, 0.2) is 0 Å². The minimum atomic E-state index is -0.576. The van der Waals surface area contributed by atoms with Crippen LogP contribution in [0.15, 0.2) is 64.9 Å². The topological polar surface area (TPSA) is 71.8 Å². The van der Waals surface area contributed by atoms with Crippen LogP contribution in [0.2, 0.25) is 0 Å². The lowest BCUT2D eigenvalue weighted by Crippen LogP contribution is -2.12. The number of imidazole rings is 1. The number of amides is 1. The number of carbonyl (C=O) groups excluding carboxylic acids is 1. The number of benzene rings is 2. The fourth-order valence-electron chi connectivity index (χ4n) is 1.93. The summed E-state index contributed by atoms with van der Waals surface area (Å²) in [4.78, 5) is 20.8. The Morgan fingerprint density at radius 1 is 1.14 bits per heavy atom.